The normalized spacial score (nSPS) is 18.3. The Hall–Kier alpha value is -2.07. The highest BCUT2D eigenvalue weighted by atomic mass is 35.5. The van der Waals surface area contributed by atoms with Crippen LogP contribution in [0, 0.1) is 11.6 Å². The highest BCUT2D eigenvalue weighted by Gasteiger charge is 2.31. The average Bonchev–Trinajstić information content (AvgIpc) is 2.90. The molecule has 1 atom stereocenters. The van der Waals surface area contributed by atoms with Crippen molar-refractivity contribution < 1.29 is 27.1 Å². The van der Waals surface area contributed by atoms with E-state index in [1.54, 1.807) is 0 Å². The molecule has 1 fully saturated rings. The van der Waals surface area contributed by atoms with E-state index in [9.17, 15) is 27.1 Å². The monoisotopic (exact) mass is 444 g/mol. The van der Waals surface area contributed by atoms with Crippen molar-refractivity contribution in [1.82, 2.24) is 4.31 Å². The van der Waals surface area contributed by atoms with E-state index >= 15 is 0 Å². The highest BCUT2D eigenvalue weighted by molar-refractivity contribution is 7.89. The molecule has 2 N–H and O–H groups in total. The van der Waals surface area contributed by atoms with E-state index in [-0.39, 0.29) is 29.4 Å². The zero-order chi connectivity index (χ0) is 21.2. The number of β-amino-alcohol motifs (C(OH)–C–C–N with tert-alkyl or cyclic N) is 1. The molecule has 3 rings (SSSR count). The van der Waals surface area contributed by atoms with Crippen molar-refractivity contribution in [2.75, 3.05) is 18.4 Å². The van der Waals surface area contributed by atoms with E-state index in [1.165, 1.54) is 12.1 Å². The third-order valence-electron chi connectivity index (χ3n) is 4.60. The summed E-state index contributed by atoms with van der Waals surface area (Å²) in [5, 5.41) is 12.2. The number of halogens is 3. The molecule has 1 saturated heterocycles. The van der Waals surface area contributed by atoms with Crippen molar-refractivity contribution >= 4 is 33.2 Å². The molecule has 156 valence electrons. The van der Waals surface area contributed by atoms with Gasteiger partial charge in [-0.3, -0.25) is 4.79 Å². The molecule has 2 aromatic rings. The minimum atomic E-state index is -4.24. The fourth-order valence-electron chi connectivity index (χ4n) is 3.06. The van der Waals surface area contributed by atoms with Gasteiger partial charge in [0.15, 0.2) is 0 Å². The molecular weight excluding hydrogens is 426 g/mol. The fraction of sp³-hybridized carbons (Fsp3) is 0.316. The van der Waals surface area contributed by atoms with Crippen molar-refractivity contribution in [2.24, 2.45) is 0 Å². The highest BCUT2D eigenvalue weighted by Crippen LogP contribution is 2.25. The summed E-state index contributed by atoms with van der Waals surface area (Å²) in [7, 11) is -4.24. The molecular formula is C19H19ClF2N2O4S. The quantitative estimate of drug-likeness (QED) is 0.756. The molecule has 0 saturated carbocycles. The lowest BCUT2D eigenvalue weighted by Gasteiger charge is -2.22. The summed E-state index contributed by atoms with van der Waals surface area (Å²) in [6, 6.07) is 6.55. The second-order valence-corrected chi connectivity index (χ2v) is 9.05. The topological polar surface area (TPSA) is 86.7 Å². The van der Waals surface area contributed by atoms with Crippen LogP contribution in [0.4, 0.5) is 14.5 Å². The van der Waals surface area contributed by atoms with Crippen LogP contribution in [0.2, 0.25) is 5.02 Å². The number of nitrogens with zero attached hydrogens (tertiary/aromatic N) is 1. The fourth-order valence-corrected chi connectivity index (χ4v) is 4.85. The number of amides is 1. The van der Waals surface area contributed by atoms with Crippen molar-refractivity contribution in [3.05, 3.63) is 58.6 Å². The molecule has 6 nitrogen and oxygen atoms in total. The number of sulfonamides is 1. The van der Waals surface area contributed by atoms with Gasteiger partial charge in [0.1, 0.15) is 16.5 Å². The number of benzene rings is 2. The van der Waals surface area contributed by atoms with Gasteiger partial charge in [0.25, 0.3) is 5.91 Å². The Balaban J connectivity index is 1.88. The summed E-state index contributed by atoms with van der Waals surface area (Å²) in [5.74, 6) is -2.36. The summed E-state index contributed by atoms with van der Waals surface area (Å²) >= 11 is 5.68. The predicted molar refractivity (Wildman–Crippen MR) is 104 cm³/mol. The molecule has 29 heavy (non-hydrogen) atoms. The van der Waals surface area contributed by atoms with Gasteiger partial charge in [0.05, 0.1) is 11.1 Å². The van der Waals surface area contributed by atoms with Crippen molar-refractivity contribution in [3.63, 3.8) is 0 Å². The van der Waals surface area contributed by atoms with Crippen LogP contribution < -0.4 is 5.32 Å². The number of hydrogen-bond acceptors (Lipinski definition) is 4. The number of nitrogens with one attached hydrogen (secondary N) is 1. The third kappa shape index (κ3) is 4.92. The van der Waals surface area contributed by atoms with Gasteiger partial charge in [-0.05, 0) is 55.7 Å². The van der Waals surface area contributed by atoms with Crippen LogP contribution in [0.1, 0.15) is 29.6 Å². The van der Waals surface area contributed by atoms with Crippen LogP contribution >= 0.6 is 11.6 Å². The molecule has 2 aromatic carbocycles. The summed E-state index contributed by atoms with van der Waals surface area (Å²) in [4.78, 5) is 11.8. The molecule has 1 unspecified atom stereocenters. The lowest BCUT2D eigenvalue weighted by Crippen LogP contribution is -2.36. The first-order valence-electron chi connectivity index (χ1n) is 8.92. The molecule has 10 heteroatoms. The smallest absolute Gasteiger partial charge is 0.255 e. The van der Waals surface area contributed by atoms with Gasteiger partial charge in [-0.1, -0.05) is 11.6 Å². The SMILES string of the molecule is O=C(Nc1ccc(F)c(Cl)c1)c1ccc(F)c(S(=O)(=O)N2CCCCC(O)C2)c1. The number of carbonyl (C=O) groups is 1. The summed E-state index contributed by atoms with van der Waals surface area (Å²) in [6.07, 6.45) is 0.851. The summed E-state index contributed by atoms with van der Waals surface area (Å²) < 4.78 is 54.4. The molecule has 0 spiro atoms. The van der Waals surface area contributed by atoms with Crippen LogP contribution in [0.5, 0.6) is 0 Å². The lowest BCUT2D eigenvalue weighted by atomic mass is 10.2. The molecule has 1 heterocycles. The Kier molecular flexibility index (Phi) is 6.52. The maximum atomic E-state index is 14.3. The van der Waals surface area contributed by atoms with Crippen molar-refractivity contribution in [3.8, 4) is 0 Å². The number of aliphatic hydroxyl groups excluding tert-OH is 1. The van der Waals surface area contributed by atoms with Gasteiger partial charge >= 0.3 is 0 Å². The molecule has 1 amide bonds. The van der Waals surface area contributed by atoms with Gasteiger partial charge in [-0.2, -0.15) is 4.31 Å². The van der Waals surface area contributed by atoms with Crippen LogP contribution in [-0.2, 0) is 10.0 Å². The maximum absolute atomic E-state index is 14.3. The maximum Gasteiger partial charge on any atom is 0.255 e. The number of anilines is 1. The van der Waals surface area contributed by atoms with Crippen LogP contribution in [0.15, 0.2) is 41.3 Å². The largest absolute Gasteiger partial charge is 0.392 e. The number of hydrogen-bond donors (Lipinski definition) is 2. The Labute approximate surface area is 172 Å². The van der Waals surface area contributed by atoms with E-state index in [1.807, 2.05) is 0 Å². The number of carbonyl (C=O) groups excluding carboxylic acids is 1. The van der Waals surface area contributed by atoms with E-state index in [0.717, 1.165) is 28.6 Å². The first-order chi connectivity index (χ1) is 13.7. The Morgan fingerprint density at radius 2 is 1.86 bits per heavy atom. The molecule has 0 bridgehead atoms. The summed E-state index contributed by atoms with van der Waals surface area (Å²) in [6.45, 7) is 0.0234. The third-order valence-corrected chi connectivity index (χ3v) is 6.77. The first kappa shape index (κ1) is 21.6. The minimum Gasteiger partial charge on any atom is -0.392 e. The second-order valence-electron chi connectivity index (χ2n) is 6.74. The van der Waals surface area contributed by atoms with Gasteiger partial charge < -0.3 is 10.4 Å². The Morgan fingerprint density at radius 1 is 1.14 bits per heavy atom. The van der Waals surface area contributed by atoms with E-state index in [4.69, 9.17) is 11.6 Å². The predicted octanol–water partition coefficient (Wildman–Crippen LogP) is 3.41. The zero-order valence-corrected chi connectivity index (χ0v) is 16.8. The van der Waals surface area contributed by atoms with E-state index in [0.29, 0.717) is 19.3 Å². The number of rotatable bonds is 4. The summed E-state index contributed by atoms with van der Waals surface area (Å²) in [5.41, 5.74) is 0.103. The Bertz CT molecular complexity index is 1030. The van der Waals surface area contributed by atoms with Crippen molar-refractivity contribution in [2.45, 2.75) is 30.3 Å². The number of aliphatic hydroxyl groups is 1. The van der Waals surface area contributed by atoms with Crippen molar-refractivity contribution in [1.29, 1.82) is 0 Å². The van der Waals surface area contributed by atoms with Crippen LogP contribution in [0.25, 0.3) is 0 Å². The average molecular weight is 445 g/mol. The Morgan fingerprint density at radius 3 is 2.59 bits per heavy atom. The molecule has 1 aliphatic heterocycles. The van der Waals surface area contributed by atoms with Crippen LogP contribution in [-0.4, -0.2) is 42.9 Å². The molecule has 1 aliphatic rings. The van der Waals surface area contributed by atoms with Gasteiger partial charge in [-0.25, -0.2) is 17.2 Å². The standard InChI is InChI=1S/C19H19ClF2N2O4S/c20-15-10-13(5-7-16(15)21)23-19(26)12-4-6-17(22)18(9-12)29(27,28)24-8-2-1-3-14(25)11-24/h4-7,9-10,14,25H,1-3,8,11H2,(H,23,26). The minimum absolute atomic E-state index is 0.0965. The van der Waals surface area contributed by atoms with Gasteiger partial charge in [0, 0.05) is 24.3 Å². The molecule has 0 aromatic heterocycles. The first-order valence-corrected chi connectivity index (χ1v) is 10.7. The lowest BCUT2D eigenvalue weighted by molar-refractivity contribution is 0.102. The van der Waals surface area contributed by atoms with E-state index < -0.39 is 38.6 Å². The van der Waals surface area contributed by atoms with E-state index in [2.05, 4.69) is 5.32 Å². The van der Waals surface area contributed by atoms with Gasteiger partial charge in [-0.15, -0.1) is 0 Å². The van der Waals surface area contributed by atoms with Gasteiger partial charge in [0.2, 0.25) is 10.0 Å². The molecule has 0 aliphatic carbocycles. The van der Waals surface area contributed by atoms with Crippen LogP contribution in [0.3, 0.4) is 0 Å². The zero-order valence-electron chi connectivity index (χ0n) is 15.2. The molecule has 0 radical (unpaired) electrons. The second kappa shape index (κ2) is 8.74.